The standard InChI is InChI=1S/C12H16F2O/c1-8(2)12(15)6-4-9-3-5-10(13)7-11(9)14/h3,5,7-8,12,15H,4,6H2,1-2H3. The Hall–Kier alpha value is -0.960. The van der Waals surface area contributed by atoms with Crippen molar-refractivity contribution in [1.29, 1.82) is 0 Å². The second-order valence-corrected chi connectivity index (χ2v) is 4.09. The maximum absolute atomic E-state index is 13.2. The lowest BCUT2D eigenvalue weighted by molar-refractivity contribution is 0.116. The van der Waals surface area contributed by atoms with Crippen LogP contribution in [0.2, 0.25) is 0 Å². The van der Waals surface area contributed by atoms with Gasteiger partial charge in [0.15, 0.2) is 0 Å². The summed E-state index contributed by atoms with van der Waals surface area (Å²) in [6.07, 6.45) is 0.500. The van der Waals surface area contributed by atoms with Crippen molar-refractivity contribution in [2.45, 2.75) is 32.8 Å². The summed E-state index contributed by atoms with van der Waals surface area (Å²) >= 11 is 0. The van der Waals surface area contributed by atoms with Gasteiger partial charge in [-0.05, 0) is 30.4 Å². The smallest absolute Gasteiger partial charge is 0.129 e. The first kappa shape index (κ1) is 12.1. The van der Waals surface area contributed by atoms with Gasteiger partial charge in [-0.3, -0.25) is 0 Å². The molecule has 3 heteroatoms. The van der Waals surface area contributed by atoms with Crippen LogP contribution >= 0.6 is 0 Å². The second kappa shape index (κ2) is 5.21. The van der Waals surface area contributed by atoms with E-state index in [0.717, 1.165) is 6.07 Å². The average molecular weight is 214 g/mol. The van der Waals surface area contributed by atoms with Crippen LogP contribution in [0.4, 0.5) is 8.78 Å². The minimum atomic E-state index is -0.569. The van der Waals surface area contributed by atoms with Gasteiger partial charge in [-0.1, -0.05) is 19.9 Å². The van der Waals surface area contributed by atoms with Crippen LogP contribution in [0.15, 0.2) is 18.2 Å². The first-order chi connectivity index (χ1) is 7.00. The number of benzene rings is 1. The van der Waals surface area contributed by atoms with Crippen LogP contribution in [0, 0.1) is 17.6 Å². The van der Waals surface area contributed by atoms with Gasteiger partial charge in [0.2, 0.25) is 0 Å². The Morgan fingerprint density at radius 1 is 1.27 bits per heavy atom. The minimum absolute atomic E-state index is 0.161. The van der Waals surface area contributed by atoms with Gasteiger partial charge in [0, 0.05) is 6.07 Å². The summed E-state index contributed by atoms with van der Waals surface area (Å²) in [5, 5.41) is 9.54. The molecule has 15 heavy (non-hydrogen) atoms. The van der Waals surface area contributed by atoms with Gasteiger partial charge in [0.1, 0.15) is 11.6 Å². The van der Waals surface area contributed by atoms with E-state index in [-0.39, 0.29) is 5.92 Å². The lowest BCUT2D eigenvalue weighted by Crippen LogP contribution is -2.15. The molecule has 0 aliphatic heterocycles. The number of aryl methyl sites for hydroxylation is 1. The molecule has 84 valence electrons. The van der Waals surface area contributed by atoms with Gasteiger partial charge in [0.05, 0.1) is 6.10 Å². The summed E-state index contributed by atoms with van der Waals surface area (Å²) in [6.45, 7) is 3.82. The number of aliphatic hydroxyl groups is 1. The molecule has 0 aromatic heterocycles. The van der Waals surface area contributed by atoms with Crippen molar-refractivity contribution in [2.24, 2.45) is 5.92 Å². The Kier molecular flexibility index (Phi) is 4.21. The molecule has 1 aromatic rings. The van der Waals surface area contributed by atoms with E-state index in [0.29, 0.717) is 18.4 Å². The van der Waals surface area contributed by atoms with E-state index in [9.17, 15) is 13.9 Å². The van der Waals surface area contributed by atoms with Gasteiger partial charge in [0.25, 0.3) is 0 Å². The van der Waals surface area contributed by atoms with Crippen molar-refractivity contribution in [2.75, 3.05) is 0 Å². The number of rotatable bonds is 4. The maximum atomic E-state index is 13.2. The SMILES string of the molecule is CC(C)C(O)CCc1ccc(F)cc1F. The molecule has 1 nitrogen and oxygen atoms in total. The van der Waals surface area contributed by atoms with Crippen LogP contribution in [-0.4, -0.2) is 11.2 Å². The van der Waals surface area contributed by atoms with E-state index >= 15 is 0 Å². The molecule has 0 saturated heterocycles. The molecule has 0 aliphatic rings. The van der Waals surface area contributed by atoms with Crippen molar-refractivity contribution in [1.82, 2.24) is 0 Å². The minimum Gasteiger partial charge on any atom is -0.393 e. The highest BCUT2D eigenvalue weighted by Crippen LogP contribution is 2.14. The zero-order valence-electron chi connectivity index (χ0n) is 9.00. The summed E-state index contributed by atoms with van der Waals surface area (Å²) in [5.41, 5.74) is 0.455. The Balaban J connectivity index is 2.58. The van der Waals surface area contributed by atoms with Crippen LogP contribution in [-0.2, 0) is 6.42 Å². The van der Waals surface area contributed by atoms with E-state index in [2.05, 4.69) is 0 Å². The molecule has 0 saturated carbocycles. The van der Waals surface area contributed by atoms with Crippen LogP contribution < -0.4 is 0 Å². The predicted molar refractivity (Wildman–Crippen MR) is 55.5 cm³/mol. The third kappa shape index (κ3) is 3.59. The molecule has 0 radical (unpaired) electrons. The molecule has 0 fully saturated rings. The zero-order chi connectivity index (χ0) is 11.4. The van der Waals surface area contributed by atoms with E-state index in [4.69, 9.17) is 0 Å². The highest BCUT2D eigenvalue weighted by atomic mass is 19.1. The third-order valence-electron chi connectivity index (χ3n) is 2.49. The van der Waals surface area contributed by atoms with Gasteiger partial charge in [-0.25, -0.2) is 8.78 Å². The van der Waals surface area contributed by atoms with Gasteiger partial charge >= 0.3 is 0 Å². The molecule has 0 aliphatic carbocycles. The first-order valence-electron chi connectivity index (χ1n) is 5.12. The Morgan fingerprint density at radius 3 is 2.47 bits per heavy atom. The van der Waals surface area contributed by atoms with Gasteiger partial charge in [-0.2, -0.15) is 0 Å². The zero-order valence-corrected chi connectivity index (χ0v) is 9.00. The molecule has 0 amide bonds. The van der Waals surface area contributed by atoms with E-state index < -0.39 is 17.7 Å². The van der Waals surface area contributed by atoms with Crippen molar-refractivity contribution in [3.63, 3.8) is 0 Å². The lowest BCUT2D eigenvalue weighted by Gasteiger charge is -2.14. The fourth-order valence-electron chi connectivity index (χ4n) is 1.36. The summed E-state index contributed by atoms with van der Waals surface area (Å²) in [7, 11) is 0. The van der Waals surface area contributed by atoms with Crippen molar-refractivity contribution < 1.29 is 13.9 Å². The number of halogens is 2. The summed E-state index contributed by atoms with van der Waals surface area (Å²) in [4.78, 5) is 0. The Labute approximate surface area is 88.7 Å². The molecule has 1 atom stereocenters. The molecular weight excluding hydrogens is 198 g/mol. The van der Waals surface area contributed by atoms with Crippen molar-refractivity contribution >= 4 is 0 Å². The predicted octanol–water partition coefficient (Wildman–Crippen LogP) is 2.91. The van der Waals surface area contributed by atoms with Crippen LogP contribution in [0.5, 0.6) is 0 Å². The largest absolute Gasteiger partial charge is 0.393 e. The molecule has 1 rings (SSSR count). The first-order valence-corrected chi connectivity index (χ1v) is 5.12. The molecule has 1 N–H and O–H groups in total. The summed E-state index contributed by atoms with van der Waals surface area (Å²) in [5.74, 6) is -0.944. The fourth-order valence-corrected chi connectivity index (χ4v) is 1.36. The quantitative estimate of drug-likeness (QED) is 0.817. The van der Waals surface area contributed by atoms with Crippen LogP contribution in [0.3, 0.4) is 0 Å². The van der Waals surface area contributed by atoms with Gasteiger partial charge < -0.3 is 5.11 Å². The Bertz CT molecular complexity index is 323. The fraction of sp³-hybridized carbons (Fsp3) is 0.500. The summed E-state index contributed by atoms with van der Waals surface area (Å²) in [6, 6.07) is 3.54. The summed E-state index contributed by atoms with van der Waals surface area (Å²) < 4.78 is 25.8. The van der Waals surface area contributed by atoms with Gasteiger partial charge in [-0.15, -0.1) is 0 Å². The van der Waals surface area contributed by atoms with E-state index in [1.807, 2.05) is 13.8 Å². The second-order valence-electron chi connectivity index (χ2n) is 4.09. The van der Waals surface area contributed by atoms with Crippen molar-refractivity contribution in [3.8, 4) is 0 Å². The van der Waals surface area contributed by atoms with E-state index in [1.165, 1.54) is 12.1 Å². The molecule has 0 spiro atoms. The van der Waals surface area contributed by atoms with Crippen LogP contribution in [0.1, 0.15) is 25.8 Å². The monoisotopic (exact) mass is 214 g/mol. The van der Waals surface area contributed by atoms with Crippen LogP contribution in [0.25, 0.3) is 0 Å². The third-order valence-corrected chi connectivity index (χ3v) is 2.49. The highest BCUT2D eigenvalue weighted by Gasteiger charge is 2.11. The normalized spacial score (nSPS) is 13.2. The number of aliphatic hydroxyl groups excluding tert-OH is 1. The average Bonchev–Trinajstić information content (AvgIpc) is 2.15. The Morgan fingerprint density at radius 2 is 1.93 bits per heavy atom. The molecule has 1 aromatic carbocycles. The van der Waals surface area contributed by atoms with E-state index in [1.54, 1.807) is 0 Å². The molecule has 0 heterocycles. The maximum Gasteiger partial charge on any atom is 0.129 e. The molecule has 0 bridgehead atoms. The number of hydrogen-bond acceptors (Lipinski definition) is 1. The lowest BCUT2D eigenvalue weighted by atomic mass is 9.99. The molecular formula is C12H16F2O. The molecule has 1 unspecified atom stereocenters. The topological polar surface area (TPSA) is 20.2 Å². The number of hydrogen-bond donors (Lipinski definition) is 1. The van der Waals surface area contributed by atoms with Crippen molar-refractivity contribution in [3.05, 3.63) is 35.4 Å². The highest BCUT2D eigenvalue weighted by molar-refractivity contribution is 5.18.